The molecule has 2 heterocycles. The third-order valence-corrected chi connectivity index (χ3v) is 3.36. The molecule has 1 amide bonds. The van der Waals surface area contributed by atoms with Crippen molar-refractivity contribution in [3.8, 4) is 11.5 Å². The van der Waals surface area contributed by atoms with Crippen LogP contribution in [-0.4, -0.2) is 25.3 Å². The highest BCUT2D eigenvalue weighted by Gasteiger charge is 2.30. The largest absolute Gasteiger partial charge is 0.493 e. The molecule has 0 spiro atoms. The molecule has 2 aliphatic heterocycles. The van der Waals surface area contributed by atoms with Gasteiger partial charge in [0.2, 0.25) is 0 Å². The molecule has 1 aromatic carbocycles. The monoisotopic (exact) mass is 263 g/mol. The molecule has 0 aromatic heterocycles. The van der Waals surface area contributed by atoms with Crippen LogP contribution in [0, 0.1) is 0 Å². The Morgan fingerprint density at radius 2 is 2.26 bits per heavy atom. The van der Waals surface area contributed by atoms with Crippen LogP contribution in [0.5, 0.6) is 11.5 Å². The molecule has 0 bridgehead atoms. The van der Waals surface area contributed by atoms with Gasteiger partial charge in [0.25, 0.3) is 0 Å². The number of benzene rings is 1. The molecule has 1 fully saturated rings. The van der Waals surface area contributed by atoms with Gasteiger partial charge in [0.05, 0.1) is 13.2 Å². The predicted molar refractivity (Wildman–Crippen MR) is 68.6 cm³/mol. The first-order chi connectivity index (χ1) is 9.17. The van der Waals surface area contributed by atoms with Gasteiger partial charge in [-0.1, -0.05) is 0 Å². The molecule has 1 saturated heterocycles. The van der Waals surface area contributed by atoms with Crippen molar-refractivity contribution in [2.24, 2.45) is 0 Å². The second-order valence-electron chi connectivity index (χ2n) is 4.84. The Bertz CT molecular complexity index is 514. The zero-order chi connectivity index (χ0) is 13.4. The van der Waals surface area contributed by atoms with E-state index >= 15 is 0 Å². The average Bonchev–Trinajstić information content (AvgIpc) is 2.93. The lowest BCUT2D eigenvalue weighted by Gasteiger charge is -2.15. The van der Waals surface area contributed by atoms with Crippen LogP contribution in [0.1, 0.15) is 31.1 Å². The lowest BCUT2D eigenvalue weighted by atomic mass is 10.0. The first-order valence-corrected chi connectivity index (χ1v) is 6.58. The molecule has 0 saturated carbocycles. The van der Waals surface area contributed by atoms with Gasteiger partial charge >= 0.3 is 6.09 Å². The Labute approximate surface area is 111 Å². The van der Waals surface area contributed by atoms with Crippen LogP contribution in [0.4, 0.5) is 4.79 Å². The zero-order valence-corrected chi connectivity index (χ0v) is 11.1. The number of carbonyl (C=O) groups is 1. The minimum atomic E-state index is -0.387. The number of ether oxygens (including phenoxy) is 3. The van der Waals surface area contributed by atoms with Crippen molar-refractivity contribution in [1.29, 1.82) is 0 Å². The summed E-state index contributed by atoms with van der Waals surface area (Å²) in [5, 5.41) is 2.66. The predicted octanol–water partition coefficient (Wildman–Crippen LogP) is 2.19. The summed E-state index contributed by atoms with van der Waals surface area (Å²) < 4.78 is 16.7. The quantitative estimate of drug-likeness (QED) is 0.908. The topological polar surface area (TPSA) is 56.8 Å². The summed E-state index contributed by atoms with van der Waals surface area (Å²) in [6.07, 6.45) is 0.378. The lowest BCUT2D eigenvalue weighted by Crippen LogP contribution is -2.12. The molecule has 2 unspecified atom stereocenters. The van der Waals surface area contributed by atoms with Crippen LogP contribution in [-0.2, 0) is 11.2 Å². The molecule has 0 radical (unpaired) electrons. The normalized spacial score (nSPS) is 24.4. The zero-order valence-electron chi connectivity index (χ0n) is 11.1. The van der Waals surface area contributed by atoms with Crippen LogP contribution in [0.2, 0.25) is 0 Å². The maximum atomic E-state index is 11.2. The van der Waals surface area contributed by atoms with E-state index in [1.165, 1.54) is 0 Å². The third kappa shape index (κ3) is 2.20. The highest BCUT2D eigenvalue weighted by molar-refractivity contribution is 5.70. The van der Waals surface area contributed by atoms with Crippen LogP contribution < -0.4 is 14.8 Å². The van der Waals surface area contributed by atoms with Crippen molar-refractivity contribution < 1.29 is 19.0 Å². The summed E-state index contributed by atoms with van der Waals surface area (Å²) >= 11 is 0. The van der Waals surface area contributed by atoms with Gasteiger partial charge in [0, 0.05) is 17.5 Å². The molecule has 3 rings (SSSR count). The van der Waals surface area contributed by atoms with Crippen LogP contribution in [0.3, 0.4) is 0 Å². The van der Waals surface area contributed by atoms with Crippen molar-refractivity contribution in [3.05, 3.63) is 23.3 Å². The Kier molecular flexibility index (Phi) is 2.97. The minimum absolute atomic E-state index is 0.184. The second kappa shape index (κ2) is 4.64. The Morgan fingerprint density at radius 3 is 2.95 bits per heavy atom. The number of alkyl carbamates (subject to hydrolysis) is 1. The molecule has 1 aromatic rings. The number of fused-ring (bicyclic) bond motifs is 1. The van der Waals surface area contributed by atoms with E-state index < -0.39 is 0 Å². The Balaban J connectivity index is 1.97. The van der Waals surface area contributed by atoms with Crippen molar-refractivity contribution in [1.82, 2.24) is 5.32 Å². The van der Waals surface area contributed by atoms with E-state index in [4.69, 9.17) is 14.2 Å². The van der Waals surface area contributed by atoms with Gasteiger partial charge in [0.1, 0.15) is 23.7 Å². The fourth-order valence-electron chi connectivity index (χ4n) is 2.55. The number of nitrogens with one attached hydrogen (secondary N) is 1. The molecule has 19 heavy (non-hydrogen) atoms. The standard InChI is InChI=1S/C14H17NO4/c1-3-17-12-5-9-4-8(2)18-11(9)6-10(12)13-7-15-14(16)19-13/h5-6,8,13H,3-4,7H2,1-2H3,(H,15,16). The second-order valence-corrected chi connectivity index (χ2v) is 4.84. The number of hydrogen-bond donors (Lipinski definition) is 1. The maximum Gasteiger partial charge on any atom is 0.407 e. The lowest BCUT2D eigenvalue weighted by molar-refractivity contribution is 0.139. The highest BCUT2D eigenvalue weighted by Crippen LogP contribution is 2.39. The van der Waals surface area contributed by atoms with E-state index in [-0.39, 0.29) is 18.3 Å². The fraction of sp³-hybridized carbons (Fsp3) is 0.500. The smallest absolute Gasteiger partial charge is 0.407 e. The van der Waals surface area contributed by atoms with E-state index in [0.29, 0.717) is 13.2 Å². The third-order valence-electron chi connectivity index (χ3n) is 3.36. The van der Waals surface area contributed by atoms with Crippen LogP contribution in [0.15, 0.2) is 12.1 Å². The highest BCUT2D eigenvalue weighted by atomic mass is 16.6. The molecule has 2 aliphatic rings. The Morgan fingerprint density at radius 1 is 1.42 bits per heavy atom. The summed E-state index contributed by atoms with van der Waals surface area (Å²) in [4.78, 5) is 11.2. The van der Waals surface area contributed by atoms with E-state index in [2.05, 4.69) is 5.32 Å². The minimum Gasteiger partial charge on any atom is -0.493 e. The number of carbonyl (C=O) groups excluding carboxylic acids is 1. The molecule has 5 nitrogen and oxygen atoms in total. The van der Waals surface area contributed by atoms with Gasteiger partial charge in [-0.3, -0.25) is 0 Å². The number of cyclic esters (lactones) is 1. The average molecular weight is 263 g/mol. The van der Waals surface area contributed by atoms with E-state index in [0.717, 1.165) is 29.0 Å². The Hall–Kier alpha value is -1.91. The number of amides is 1. The number of hydrogen-bond acceptors (Lipinski definition) is 4. The fourth-order valence-corrected chi connectivity index (χ4v) is 2.55. The van der Waals surface area contributed by atoms with Gasteiger partial charge in [0.15, 0.2) is 0 Å². The van der Waals surface area contributed by atoms with Crippen molar-refractivity contribution >= 4 is 6.09 Å². The van der Waals surface area contributed by atoms with Crippen molar-refractivity contribution in [2.75, 3.05) is 13.2 Å². The van der Waals surface area contributed by atoms with Gasteiger partial charge in [-0.25, -0.2) is 4.79 Å². The van der Waals surface area contributed by atoms with Crippen molar-refractivity contribution in [3.63, 3.8) is 0 Å². The maximum absolute atomic E-state index is 11.2. The summed E-state index contributed by atoms with van der Waals surface area (Å²) in [6.45, 7) is 5.02. The molecule has 5 heteroatoms. The first-order valence-electron chi connectivity index (χ1n) is 6.58. The molecule has 2 atom stereocenters. The van der Waals surface area contributed by atoms with Crippen LogP contribution in [0.25, 0.3) is 0 Å². The SMILES string of the molecule is CCOc1cc2c(cc1C1CNC(=O)O1)OC(C)C2. The van der Waals surface area contributed by atoms with E-state index in [1.54, 1.807) is 0 Å². The van der Waals surface area contributed by atoms with E-state index in [1.807, 2.05) is 26.0 Å². The van der Waals surface area contributed by atoms with Gasteiger partial charge < -0.3 is 19.5 Å². The summed E-state index contributed by atoms with van der Waals surface area (Å²) in [5.74, 6) is 1.65. The summed E-state index contributed by atoms with van der Waals surface area (Å²) in [7, 11) is 0. The van der Waals surface area contributed by atoms with Gasteiger partial charge in [-0.05, 0) is 26.0 Å². The summed E-state index contributed by atoms with van der Waals surface area (Å²) in [5.41, 5.74) is 2.02. The number of rotatable bonds is 3. The molecule has 102 valence electrons. The van der Waals surface area contributed by atoms with Crippen molar-refractivity contribution in [2.45, 2.75) is 32.5 Å². The molecule has 1 N–H and O–H groups in total. The molecule has 0 aliphatic carbocycles. The van der Waals surface area contributed by atoms with Gasteiger partial charge in [-0.15, -0.1) is 0 Å². The first kappa shape index (κ1) is 12.1. The molecular weight excluding hydrogens is 246 g/mol. The summed E-state index contributed by atoms with van der Waals surface area (Å²) in [6, 6.07) is 3.94. The van der Waals surface area contributed by atoms with E-state index in [9.17, 15) is 4.79 Å². The molecular formula is C14H17NO4. The van der Waals surface area contributed by atoms with Crippen LogP contribution >= 0.6 is 0 Å². The van der Waals surface area contributed by atoms with Gasteiger partial charge in [-0.2, -0.15) is 0 Å².